The summed E-state index contributed by atoms with van der Waals surface area (Å²) < 4.78 is 38.1. The molecule has 1 aromatic heterocycles. The predicted octanol–water partition coefficient (Wildman–Crippen LogP) is 4.25. The molecule has 0 aliphatic heterocycles. The van der Waals surface area contributed by atoms with Gasteiger partial charge in [0.1, 0.15) is 5.82 Å². The first-order valence-electron chi connectivity index (χ1n) is 8.98. The van der Waals surface area contributed by atoms with Gasteiger partial charge in [-0.3, -0.25) is 4.79 Å². The predicted molar refractivity (Wildman–Crippen MR) is 113 cm³/mol. The van der Waals surface area contributed by atoms with Crippen LogP contribution in [0.15, 0.2) is 70.9 Å². The lowest BCUT2D eigenvalue weighted by atomic mass is 10.00. The van der Waals surface area contributed by atoms with Crippen LogP contribution in [0, 0.1) is 11.7 Å². The van der Waals surface area contributed by atoms with Crippen LogP contribution in [0.1, 0.15) is 13.8 Å². The lowest BCUT2D eigenvalue weighted by Crippen LogP contribution is -2.24. The molecule has 5 nitrogen and oxygen atoms in total. The Balaban J connectivity index is 2.25. The van der Waals surface area contributed by atoms with Crippen molar-refractivity contribution in [3.05, 3.63) is 77.3 Å². The molecule has 0 unspecified atom stereocenters. The average molecular weight is 412 g/mol. The maximum Gasteiger partial charge on any atom is 0.271 e. The minimum atomic E-state index is -3.34. The van der Waals surface area contributed by atoms with Crippen molar-refractivity contribution < 1.29 is 12.8 Å². The van der Waals surface area contributed by atoms with Gasteiger partial charge in [0.25, 0.3) is 5.56 Å². The average Bonchev–Trinajstić information content (AvgIpc) is 2.67. The molecular weight excluding hydrogens is 391 g/mol. The molecule has 0 aliphatic rings. The zero-order chi connectivity index (χ0) is 21.3. The Morgan fingerprint density at radius 1 is 1.03 bits per heavy atom. The highest BCUT2D eigenvalue weighted by Crippen LogP contribution is 2.30. The molecule has 0 bridgehead atoms. The molecule has 1 heterocycles. The Hall–Kier alpha value is -3.06. The fourth-order valence-electron chi connectivity index (χ4n) is 2.83. The van der Waals surface area contributed by atoms with E-state index in [2.05, 4.69) is 11.7 Å². The fraction of sp³-hybridized carbons (Fsp3) is 0.182. The van der Waals surface area contributed by atoms with Crippen molar-refractivity contribution in [2.45, 2.75) is 18.7 Å². The monoisotopic (exact) mass is 412 g/mol. The van der Waals surface area contributed by atoms with Gasteiger partial charge in [0.15, 0.2) is 9.84 Å². The highest BCUT2D eigenvalue weighted by molar-refractivity contribution is 7.90. The van der Waals surface area contributed by atoms with Gasteiger partial charge in [-0.15, -0.1) is 0 Å². The van der Waals surface area contributed by atoms with Gasteiger partial charge in [-0.25, -0.2) is 17.5 Å². The lowest BCUT2D eigenvalue weighted by molar-refractivity contribution is 0.602. The number of benzene rings is 2. The Morgan fingerprint density at radius 3 is 2.10 bits per heavy atom. The molecule has 0 saturated carbocycles. The van der Waals surface area contributed by atoms with Crippen LogP contribution in [-0.4, -0.2) is 24.5 Å². The van der Waals surface area contributed by atoms with Crippen LogP contribution in [0.25, 0.3) is 28.1 Å². The second-order valence-corrected chi connectivity index (χ2v) is 9.12. The summed E-state index contributed by atoms with van der Waals surface area (Å²) in [6.45, 7) is 7.77. The standard InChI is InChI=1S/C22H21FN2O3S/c1-14(2)15(3)25-21(26)13-20(16-7-11-19(12-8-16)29(4,27)28)22(24-25)17-5-9-18(23)10-6-17/h5-14H,3H2,1-2,4H3. The maximum atomic E-state index is 13.4. The minimum absolute atomic E-state index is 0.00108. The topological polar surface area (TPSA) is 69.0 Å². The molecular formula is C22H21FN2O3S. The summed E-state index contributed by atoms with van der Waals surface area (Å²) in [6, 6.07) is 13.5. The van der Waals surface area contributed by atoms with E-state index >= 15 is 0 Å². The van der Waals surface area contributed by atoms with Gasteiger partial charge in [0.2, 0.25) is 0 Å². The zero-order valence-electron chi connectivity index (χ0n) is 16.4. The first kappa shape index (κ1) is 20.7. The maximum absolute atomic E-state index is 13.4. The summed E-state index contributed by atoms with van der Waals surface area (Å²) in [5.74, 6) is -0.381. The first-order chi connectivity index (χ1) is 13.6. The zero-order valence-corrected chi connectivity index (χ0v) is 17.2. The van der Waals surface area contributed by atoms with Crippen molar-refractivity contribution in [2.24, 2.45) is 5.92 Å². The summed E-state index contributed by atoms with van der Waals surface area (Å²) in [7, 11) is -3.34. The second kappa shape index (κ2) is 7.75. The van der Waals surface area contributed by atoms with Gasteiger partial charge in [-0.2, -0.15) is 5.10 Å². The summed E-state index contributed by atoms with van der Waals surface area (Å²) in [6.07, 6.45) is 1.13. The summed E-state index contributed by atoms with van der Waals surface area (Å²) in [5.41, 5.74) is 2.43. The Morgan fingerprint density at radius 2 is 1.59 bits per heavy atom. The SMILES string of the molecule is C=C(C(C)C)n1nc(-c2ccc(F)cc2)c(-c2ccc(S(C)(=O)=O)cc2)cc1=O. The Labute approximate surface area is 169 Å². The molecule has 0 atom stereocenters. The van der Waals surface area contributed by atoms with E-state index in [1.807, 2.05) is 13.8 Å². The summed E-state index contributed by atoms with van der Waals surface area (Å²) >= 11 is 0. The van der Waals surface area contributed by atoms with Crippen LogP contribution in [0.5, 0.6) is 0 Å². The quantitative estimate of drug-likeness (QED) is 0.628. The highest BCUT2D eigenvalue weighted by Gasteiger charge is 2.16. The van der Waals surface area contributed by atoms with Crippen LogP contribution < -0.4 is 5.56 Å². The molecule has 0 spiro atoms. The molecule has 0 aliphatic carbocycles. The van der Waals surface area contributed by atoms with E-state index in [4.69, 9.17) is 0 Å². The van der Waals surface area contributed by atoms with Gasteiger partial charge >= 0.3 is 0 Å². The number of hydrogen-bond donors (Lipinski definition) is 0. The minimum Gasteiger partial charge on any atom is -0.267 e. The fourth-order valence-corrected chi connectivity index (χ4v) is 3.46. The number of aromatic nitrogens is 2. The number of rotatable bonds is 5. The molecule has 0 radical (unpaired) electrons. The van der Waals surface area contributed by atoms with Crippen molar-refractivity contribution in [1.82, 2.24) is 9.78 Å². The van der Waals surface area contributed by atoms with Crippen LogP contribution in [0.3, 0.4) is 0 Å². The summed E-state index contributed by atoms with van der Waals surface area (Å²) in [5, 5.41) is 4.50. The largest absolute Gasteiger partial charge is 0.271 e. The third kappa shape index (κ3) is 4.35. The number of allylic oxidation sites excluding steroid dienone is 1. The lowest BCUT2D eigenvalue weighted by Gasteiger charge is -2.16. The molecule has 0 amide bonds. The van der Waals surface area contributed by atoms with Gasteiger partial charge in [-0.05, 0) is 47.9 Å². The Bertz CT molecular complexity index is 1230. The van der Waals surface area contributed by atoms with Gasteiger partial charge in [-0.1, -0.05) is 32.6 Å². The molecule has 0 fully saturated rings. The van der Waals surface area contributed by atoms with E-state index in [1.165, 1.54) is 35.0 Å². The highest BCUT2D eigenvalue weighted by atomic mass is 32.2. The van der Waals surface area contributed by atoms with Crippen molar-refractivity contribution in [3.8, 4) is 22.4 Å². The molecule has 29 heavy (non-hydrogen) atoms. The molecule has 2 aromatic carbocycles. The van der Waals surface area contributed by atoms with E-state index in [0.717, 1.165) is 6.26 Å². The molecule has 3 aromatic rings. The van der Waals surface area contributed by atoms with Crippen LogP contribution in [0.2, 0.25) is 0 Å². The third-order valence-corrected chi connectivity index (χ3v) is 5.71. The van der Waals surface area contributed by atoms with Crippen molar-refractivity contribution in [2.75, 3.05) is 6.26 Å². The molecule has 3 rings (SSSR count). The van der Waals surface area contributed by atoms with Crippen LogP contribution >= 0.6 is 0 Å². The van der Waals surface area contributed by atoms with Crippen LogP contribution in [0.4, 0.5) is 4.39 Å². The van der Waals surface area contributed by atoms with E-state index in [1.54, 1.807) is 24.3 Å². The number of hydrogen-bond acceptors (Lipinski definition) is 4. The number of sulfone groups is 1. The third-order valence-electron chi connectivity index (χ3n) is 4.58. The number of nitrogens with zero attached hydrogens (tertiary/aromatic N) is 2. The van der Waals surface area contributed by atoms with Crippen molar-refractivity contribution in [1.29, 1.82) is 0 Å². The van der Waals surface area contributed by atoms with E-state index in [9.17, 15) is 17.6 Å². The van der Waals surface area contributed by atoms with Crippen molar-refractivity contribution >= 4 is 15.5 Å². The Kier molecular flexibility index (Phi) is 5.53. The summed E-state index contributed by atoms with van der Waals surface area (Å²) in [4.78, 5) is 12.9. The molecule has 7 heteroatoms. The van der Waals surface area contributed by atoms with E-state index < -0.39 is 9.84 Å². The first-order valence-corrected chi connectivity index (χ1v) is 10.9. The van der Waals surface area contributed by atoms with Gasteiger partial charge < -0.3 is 0 Å². The normalized spacial score (nSPS) is 11.6. The van der Waals surface area contributed by atoms with E-state index in [-0.39, 0.29) is 22.2 Å². The van der Waals surface area contributed by atoms with Gasteiger partial charge in [0.05, 0.1) is 10.6 Å². The molecule has 0 N–H and O–H groups in total. The smallest absolute Gasteiger partial charge is 0.267 e. The second-order valence-electron chi connectivity index (χ2n) is 7.11. The number of halogens is 1. The van der Waals surface area contributed by atoms with Crippen LogP contribution in [-0.2, 0) is 9.84 Å². The van der Waals surface area contributed by atoms with E-state index in [0.29, 0.717) is 28.1 Å². The molecule has 0 saturated heterocycles. The van der Waals surface area contributed by atoms with Crippen molar-refractivity contribution in [3.63, 3.8) is 0 Å². The molecule has 150 valence electrons. The van der Waals surface area contributed by atoms with Gasteiger partial charge in [0, 0.05) is 29.1 Å².